The van der Waals surface area contributed by atoms with E-state index in [0.717, 1.165) is 0 Å². The van der Waals surface area contributed by atoms with Gasteiger partial charge in [-0.3, -0.25) is 9.11 Å². The van der Waals surface area contributed by atoms with Crippen molar-refractivity contribution >= 4 is 16.8 Å². The number of amidine groups is 1. The molecule has 1 aliphatic rings. The van der Waals surface area contributed by atoms with Gasteiger partial charge in [-0.05, 0) is 27.7 Å². The van der Waals surface area contributed by atoms with Gasteiger partial charge in [-0.2, -0.15) is 0 Å². The van der Waals surface area contributed by atoms with E-state index < -0.39 is 21.1 Å². The highest BCUT2D eigenvalue weighted by molar-refractivity contribution is 8.24. The van der Waals surface area contributed by atoms with E-state index in [9.17, 15) is 9.11 Å². The van der Waals surface area contributed by atoms with Crippen molar-refractivity contribution in [2.24, 2.45) is 10.1 Å². The lowest BCUT2D eigenvalue weighted by molar-refractivity contribution is 0.0476. The van der Waals surface area contributed by atoms with E-state index in [4.69, 9.17) is 10.5 Å². The molecule has 6 heteroatoms. The van der Waals surface area contributed by atoms with Crippen LogP contribution in [0.4, 0.5) is 0 Å². The summed E-state index contributed by atoms with van der Waals surface area (Å²) < 4.78 is 27.3. The molecular weight excluding hydrogens is 192 g/mol. The Hall–Kier alpha value is -0.460. The van der Waals surface area contributed by atoms with E-state index in [0.29, 0.717) is 0 Å². The highest BCUT2D eigenvalue weighted by Gasteiger charge is 2.52. The Morgan fingerprint density at radius 3 is 2.15 bits per heavy atom. The summed E-state index contributed by atoms with van der Waals surface area (Å²) in [5.74, 6) is 0. The maximum atomic E-state index is 9.70. The fourth-order valence-corrected chi connectivity index (χ4v) is 2.19. The monoisotopic (exact) mass is 208 g/mol. The van der Waals surface area contributed by atoms with Crippen LogP contribution in [0.3, 0.4) is 0 Å². The zero-order valence-corrected chi connectivity index (χ0v) is 9.05. The zero-order chi connectivity index (χ0) is 10.5. The van der Waals surface area contributed by atoms with Crippen molar-refractivity contribution in [1.29, 1.82) is 0 Å². The highest BCUT2D eigenvalue weighted by atomic mass is 32.3. The third-order valence-corrected chi connectivity index (χ3v) is 5.01. The first-order valence-corrected chi connectivity index (χ1v) is 5.43. The van der Waals surface area contributed by atoms with Crippen LogP contribution >= 0.6 is 10.8 Å². The van der Waals surface area contributed by atoms with Crippen LogP contribution in [0.25, 0.3) is 0 Å². The Labute approximate surface area is 79.5 Å². The second-order valence-electron chi connectivity index (χ2n) is 4.07. The summed E-state index contributed by atoms with van der Waals surface area (Å²) in [6.07, 6.45) is 0. The molecule has 1 rings (SSSR count). The first kappa shape index (κ1) is 10.6. The van der Waals surface area contributed by atoms with Crippen LogP contribution in [0.1, 0.15) is 27.7 Å². The molecule has 0 bridgehead atoms. The molecule has 1 aliphatic heterocycles. The van der Waals surface area contributed by atoms with Gasteiger partial charge in [0, 0.05) is 0 Å². The smallest absolute Gasteiger partial charge is 0.304 e. The number of ether oxygens (including phenoxy) is 1. The van der Waals surface area contributed by atoms with Crippen molar-refractivity contribution in [2.75, 3.05) is 0 Å². The van der Waals surface area contributed by atoms with Crippen molar-refractivity contribution < 1.29 is 13.8 Å². The van der Waals surface area contributed by atoms with Crippen LogP contribution in [0, 0.1) is 0 Å². The van der Waals surface area contributed by atoms with E-state index in [1.165, 1.54) is 0 Å². The molecule has 78 valence electrons. The molecule has 0 spiro atoms. The van der Waals surface area contributed by atoms with Gasteiger partial charge in [0.2, 0.25) is 0 Å². The molecule has 4 N–H and O–H groups in total. The first-order valence-electron chi connectivity index (χ1n) is 3.92. The van der Waals surface area contributed by atoms with Gasteiger partial charge in [0.25, 0.3) is 0 Å². The van der Waals surface area contributed by atoms with Gasteiger partial charge in [0.05, 0.1) is 0 Å². The molecule has 0 radical (unpaired) electrons. The fourth-order valence-electron chi connectivity index (χ4n) is 0.972. The quantitative estimate of drug-likeness (QED) is 0.563. The molecule has 0 unspecified atom stereocenters. The molecule has 0 saturated heterocycles. The van der Waals surface area contributed by atoms with Crippen LogP contribution in [0.15, 0.2) is 4.40 Å². The van der Waals surface area contributed by atoms with E-state index in [1.807, 2.05) is 0 Å². The van der Waals surface area contributed by atoms with Gasteiger partial charge in [-0.1, -0.05) is 10.8 Å². The van der Waals surface area contributed by atoms with E-state index in [2.05, 4.69) is 4.40 Å². The Bertz CT molecular complexity index is 260. The van der Waals surface area contributed by atoms with Crippen LogP contribution < -0.4 is 5.73 Å². The first-order chi connectivity index (χ1) is 5.60. The van der Waals surface area contributed by atoms with Gasteiger partial charge in [0.1, 0.15) is 10.3 Å². The summed E-state index contributed by atoms with van der Waals surface area (Å²) in [7, 11) is -3.08. The maximum Gasteiger partial charge on any atom is 0.304 e. The minimum absolute atomic E-state index is 0.163. The number of nitrogens with zero attached hydrogens (tertiary/aromatic N) is 1. The van der Waals surface area contributed by atoms with Crippen molar-refractivity contribution in [3.05, 3.63) is 0 Å². The Kier molecular flexibility index (Phi) is 2.06. The molecule has 1 heterocycles. The molecule has 0 fully saturated rings. The van der Waals surface area contributed by atoms with Crippen LogP contribution in [-0.4, -0.2) is 25.5 Å². The van der Waals surface area contributed by atoms with E-state index in [-0.39, 0.29) is 6.02 Å². The number of hydrogen-bond acceptors (Lipinski definition) is 5. The zero-order valence-electron chi connectivity index (χ0n) is 8.24. The molecule has 0 aromatic rings. The van der Waals surface area contributed by atoms with Crippen LogP contribution in [0.5, 0.6) is 0 Å². The molecule has 13 heavy (non-hydrogen) atoms. The average molecular weight is 208 g/mol. The van der Waals surface area contributed by atoms with Crippen molar-refractivity contribution in [2.45, 2.75) is 38.0 Å². The molecular formula is C7H16N2O3S. The second kappa shape index (κ2) is 2.52. The average Bonchev–Trinajstić information content (AvgIpc) is 1.80. The van der Waals surface area contributed by atoms with E-state index >= 15 is 0 Å². The summed E-state index contributed by atoms with van der Waals surface area (Å²) in [6.45, 7) is 6.89. The Balaban J connectivity index is 3.21. The highest BCUT2D eigenvalue weighted by Crippen LogP contribution is 2.60. The summed E-state index contributed by atoms with van der Waals surface area (Å²) in [6, 6.07) is -0.163. The predicted octanol–water partition coefficient (Wildman–Crippen LogP) is 1.55. The third-order valence-electron chi connectivity index (χ3n) is 2.71. The van der Waals surface area contributed by atoms with E-state index in [1.54, 1.807) is 27.7 Å². The summed E-state index contributed by atoms with van der Waals surface area (Å²) in [5, 5.41) is 0. The Morgan fingerprint density at radius 2 is 1.77 bits per heavy atom. The second-order valence-corrected chi connectivity index (χ2v) is 6.31. The molecule has 5 nitrogen and oxygen atoms in total. The van der Waals surface area contributed by atoms with Gasteiger partial charge in [-0.25, -0.2) is 0 Å². The van der Waals surface area contributed by atoms with Gasteiger partial charge >= 0.3 is 6.02 Å². The SMILES string of the molecule is CC1(C)OC(N)=NS(O)(O)C1(C)C. The van der Waals surface area contributed by atoms with Crippen LogP contribution in [-0.2, 0) is 4.74 Å². The van der Waals surface area contributed by atoms with Crippen molar-refractivity contribution in [3.63, 3.8) is 0 Å². The standard InChI is InChI=1S/C7H16N2O3S/c1-6(2)7(3,4)13(10,11)9-5(8)12-6/h10-11H,1-4H3,(H2,8,9). The Morgan fingerprint density at radius 1 is 1.31 bits per heavy atom. The minimum Gasteiger partial charge on any atom is -0.456 e. The minimum atomic E-state index is -3.08. The molecule has 0 aromatic heterocycles. The summed E-state index contributed by atoms with van der Waals surface area (Å²) in [4.78, 5) is 0. The third kappa shape index (κ3) is 1.38. The molecule has 0 aromatic carbocycles. The molecule has 0 saturated carbocycles. The lowest BCUT2D eigenvalue weighted by atomic mass is 9.93. The van der Waals surface area contributed by atoms with Gasteiger partial charge in [-0.15, -0.1) is 4.40 Å². The molecule has 0 aliphatic carbocycles. The lowest BCUT2D eigenvalue weighted by Gasteiger charge is -2.53. The summed E-state index contributed by atoms with van der Waals surface area (Å²) in [5.41, 5.74) is 4.60. The molecule has 0 amide bonds. The molecule has 0 atom stereocenters. The lowest BCUT2D eigenvalue weighted by Crippen LogP contribution is -2.55. The number of hydrogen-bond donors (Lipinski definition) is 3. The van der Waals surface area contributed by atoms with Crippen molar-refractivity contribution in [3.8, 4) is 0 Å². The predicted molar refractivity (Wildman–Crippen MR) is 53.7 cm³/mol. The van der Waals surface area contributed by atoms with Gasteiger partial charge < -0.3 is 10.5 Å². The summed E-state index contributed by atoms with van der Waals surface area (Å²) >= 11 is 0. The van der Waals surface area contributed by atoms with Crippen molar-refractivity contribution in [1.82, 2.24) is 0 Å². The fraction of sp³-hybridized carbons (Fsp3) is 0.857. The number of nitrogens with two attached hydrogens (primary N) is 1. The van der Waals surface area contributed by atoms with Gasteiger partial charge in [0.15, 0.2) is 0 Å². The van der Waals surface area contributed by atoms with Crippen LogP contribution in [0.2, 0.25) is 0 Å². The number of rotatable bonds is 0. The largest absolute Gasteiger partial charge is 0.456 e. The normalized spacial score (nSPS) is 31.4. The topological polar surface area (TPSA) is 88.1 Å². The maximum absolute atomic E-state index is 9.70.